The van der Waals surface area contributed by atoms with Crippen LogP contribution in [-0.4, -0.2) is 5.60 Å². The number of allylic oxidation sites excluding steroid dienone is 8. The lowest BCUT2D eigenvalue weighted by Gasteiger charge is -2.20. The van der Waals surface area contributed by atoms with E-state index in [9.17, 15) is 5.26 Å². The van der Waals surface area contributed by atoms with Gasteiger partial charge in [-0.25, -0.2) is 0 Å². The van der Waals surface area contributed by atoms with E-state index in [1.54, 1.807) is 55.6 Å². The quantitative estimate of drug-likeness (QED) is 0.469. The van der Waals surface area contributed by atoms with E-state index in [0.29, 0.717) is 5.57 Å². The van der Waals surface area contributed by atoms with E-state index < -0.39 is 5.60 Å². The predicted molar refractivity (Wildman–Crippen MR) is 106 cm³/mol. The minimum atomic E-state index is -0.780. The zero-order valence-corrected chi connectivity index (χ0v) is 16.6. The van der Waals surface area contributed by atoms with E-state index in [2.05, 4.69) is 19.9 Å². The van der Waals surface area contributed by atoms with Crippen LogP contribution in [0.1, 0.15) is 27.7 Å². The molecule has 2 aliphatic rings. The Bertz CT molecular complexity index is 907. The third-order valence-electron chi connectivity index (χ3n) is 3.79. The van der Waals surface area contributed by atoms with Crippen molar-refractivity contribution in [3.05, 3.63) is 66.9 Å². The summed E-state index contributed by atoms with van der Waals surface area (Å²) in [6, 6.07) is 5.63. The van der Waals surface area contributed by atoms with Gasteiger partial charge in [0.2, 0.25) is 0 Å². The fourth-order valence-electron chi connectivity index (χ4n) is 2.37. The summed E-state index contributed by atoms with van der Waals surface area (Å²) in [7, 11) is 0. The summed E-state index contributed by atoms with van der Waals surface area (Å²) in [5.74, 6) is 0.0593. The number of ether oxygens (including phenoxy) is 1. The van der Waals surface area contributed by atoms with Crippen LogP contribution in [0, 0.1) is 34.0 Å². The highest BCUT2D eigenvalue weighted by Crippen LogP contribution is 2.48. The summed E-state index contributed by atoms with van der Waals surface area (Å²) in [4.78, 5) is 2.65. The molecule has 2 rings (SSSR count). The average Bonchev–Trinajstić information content (AvgIpc) is 3.04. The molecular weight excluding hydrogens is 362 g/mol. The van der Waals surface area contributed by atoms with Crippen LogP contribution in [0.2, 0.25) is 0 Å². The molecule has 0 N–H and O–H groups in total. The minimum absolute atomic E-state index is 0.0593. The lowest BCUT2D eigenvalue weighted by molar-refractivity contribution is 0.0954. The Kier molecular flexibility index (Phi) is 6.22. The van der Waals surface area contributed by atoms with Crippen LogP contribution < -0.4 is 0 Å². The van der Waals surface area contributed by atoms with Gasteiger partial charge in [-0.2, -0.15) is 15.8 Å². The fourth-order valence-corrected chi connectivity index (χ4v) is 4.72. The van der Waals surface area contributed by atoms with Crippen LogP contribution in [0.15, 0.2) is 66.9 Å². The van der Waals surface area contributed by atoms with Crippen LogP contribution in [0.5, 0.6) is 0 Å². The Labute approximate surface area is 162 Å². The van der Waals surface area contributed by atoms with Crippen molar-refractivity contribution in [1.29, 1.82) is 15.8 Å². The molecule has 0 radical (unpaired) electrons. The van der Waals surface area contributed by atoms with Gasteiger partial charge in [0.25, 0.3) is 0 Å². The molecule has 0 saturated heterocycles. The zero-order valence-electron chi connectivity index (χ0n) is 15.0. The average molecular weight is 380 g/mol. The standard InChI is InChI=1S/C20H17N3OS2/c1-13-14(2)26-18(25-13)9-7-5-6-8-17-16(12-23)19(15(10-21)11-22)24-20(17,3)4/h5-9H,1-4H3/b7-5+,8-6+. The predicted octanol–water partition coefficient (Wildman–Crippen LogP) is 5.60. The number of hydrogen-bond donors (Lipinski definition) is 0. The number of nitrogens with zero attached hydrogens (tertiary/aromatic N) is 3. The number of rotatable bonds is 3. The second-order valence-electron chi connectivity index (χ2n) is 5.99. The molecule has 0 aliphatic carbocycles. The van der Waals surface area contributed by atoms with Crippen molar-refractivity contribution in [2.24, 2.45) is 0 Å². The van der Waals surface area contributed by atoms with Crippen molar-refractivity contribution < 1.29 is 4.74 Å². The molecule has 0 atom stereocenters. The van der Waals surface area contributed by atoms with Crippen LogP contribution >= 0.6 is 23.5 Å². The highest BCUT2D eigenvalue weighted by Gasteiger charge is 2.38. The molecule has 0 spiro atoms. The first-order valence-corrected chi connectivity index (χ1v) is 9.44. The van der Waals surface area contributed by atoms with Crippen molar-refractivity contribution in [1.82, 2.24) is 0 Å². The van der Waals surface area contributed by atoms with Crippen LogP contribution in [0.3, 0.4) is 0 Å². The normalized spacial score (nSPS) is 19.0. The van der Waals surface area contributed by atoms with Gasteiger partial charge in [-0.05, 0) is 43.6 Å². The van der Waals surface area contributed by atoms with Gasteiger partial charge in [0.05, 0.1) is 0 Å². The van der Waals surface area contributed by atoms with E-state index in [1.807, 2.05) is 24.3 Å². The molecule has 130 valence electrons. The number of hydrogen-bond acceptors (Lipinski definition) is 6. The van der Waals surface area contributed by atoms with Gasteiger partial charge in [-0.3, -0.25) is 0 Å². The van der Waals surface area contributed by atoms with Gasteiger partial charge >= 0.3 is 0 Å². The molecule has 6 heteroatoms. The summed E-state index contributed by atoms with van der Waals surface area (Å²) >= 11 is 3.52. The Morgan fingerprint density at radius 2 is 1.62 bits per heavy atom. The van der Waals surface area contributed by atoms with Gasteiger partial charge < -0.3 is 4.74 Å². The van der Waals surface area contributed by atoms with Crippen LogP contribution in [0.25, 0.3) is 0 Å². The summed E-state index contributed by atoms with van der Waals surface area (Å²) in [5.41, 5.74) is -0.0918. The van der Waals surface area contributed by atoms with Gasteiger partial charge in [0, 0.05) is 9.81 Å². The van der Waals surface area contributed by atoms with Gasteiger partial charge in [0.15, 0.2) is 11.3 Å². The molecule has 0 aromatic heterocycles. The summed E-state index contributed by atoms with van der Waals surface area (Å²) in [5, 5.41) is 27.6. The first kappa shape index (κ1) is 19.7. The molecule has 0 amide bonds. The lowest BCUT2D eigenvalue weighted by atomic mass is 9.95. The molecule has 2 heterocycles. The topological polar surface area (TPSA) is 80.6 Å². The maximum absolute atomic E-state index is 9.46. The van der Waals surface area contributed by atoms with Gasteiger partial charge in [0.1, 0.15) is 29.4 Å². The minimum Gasteiger partial charge on any atom is -0.480 e. The Morgan fingerprint density at radius 3 is 2.15 bits per heavy atom. The molecule has 0 fully saturated rings. The fraction of sp³-hybridized carbons (Fsp3) is 0.250. The largest absolute Gasteiger partial charge is 0.480 e. The van der Waals surface area contributed by atoms with Gasteiger partial charge in [-0.1, -0.05) is 47.8 Å². The molecule has 0 aromatic rings. The summed E-state index contributed by atoms with van der Waals surface area (Å²) < 4.78 is 6.94. The first-order chi connectivity index (χ1) is 12.3. The van der Waals surface area contributed by atoms with Gasteiger partial charge in [-0.15, -0.1) is 0 Å². The zero-order chi connectivity index (χ0) is 19.3. The molecule has 0 aromatic carbocycles. The number of thioether (sulfide) groups is 2. The highest BCUT2D eigenvalue weighted by molar-refractivity contribution is 8.28. The van der Waals surface area contributed by atoms with Crippen molar-refractivity contribution in [2.45, 2.75) is 33.3 Å². The van der Waals surface area contributed by atoms with Crippen molar-refractivity contribution >= 4 is 23.5 Å². The Hall–Kier alpha value is -2.59. The van der Waals surface area contributed by atoms with Crippen molar-refractivity contribution in [3.63, 3.8) is 0 Å². The molecule has 4 nitrogen and oxygen atoms in total. The SMILES string of the molecule is CC1=C(C)SC(=C/C=C/C=C/C2=C(C#N)C(=C(C#N)C#N)OC2(C)C)S1. The highest BCUT2D eigenvalue weighted by atomic mass is 32.2. The second-order valence-corrected chi connectivity index (χ2v) is 8.76. The van der Waals surface area contributed by atoms with Crippen LogP contribution in [0.4, 0.5) is 0 Å². The van der Waals surface area contributed by atoms with E-state index in [1.165, 1.54) is 14.0 Å². The van der Waals surface area contributed by atoms with E-state index in [0.717, 1.165) is 0 Å². The van der Waals surface area contributed by atoms with Crippen molar-refractivity contribution in [2.75, 3.05) is 0 Å². The van der Waals surface area contributed by atoms with E-state index >= 15 is 0 Å². The maximum Gasteiger partial charge on any atom is 0.172 e. The third kappa shape index (κ3) is 4.14. The van der Waals surface area contributed by atoms with Crippen molar-refractivity contribution in [3.8, 4) is 18.2 Å². The molecule has 26 heavy (non-hydrogen) atoms. The first-order valence-electron chi connectivity index (χ1n) is 7.81. The van der Waals surface area contributed by atoms with E-state index in [-0.39, 0.29) is 16.9 Å². The maximum atomic E-state index is 9.46. The lowest BCUT2D eigenvalue weighted by Crippen LogP contribution is -2.20. The summed E-state index contributed by atoms with van der Waals surface area (Å²) in [6.45, 7) is 7.82. The summed E-state index contributed by atoms with van der Waals surface area (Å²) in [6.07, 6.45) is 9.49. The second kappa shape index (κ2) is 8.19. The number of nitriles is 3. The molecular formula is C20H17N3OS2. The molecule has 0 saturated carbocycles. The Morgan fingerprint density at radius 1 is 1.00 bits per heavy atom. The Balaban J connectivity index is 2.24. The molecule has 2 aliphatic heterocycles. The molecule has 0 unspecified atom stereocenters. The third-order valence-corrected chi connectivity index (χ3v) is 6.31. The van der Waals surface area contributed by atoms with Crippen LogP contribution in [-0.2, 0) is 4.74 Å². The smallest absolute Gasteiger partial charge is 0.172 e. The van der Waals surface area contributed by atoms with E-state index in [4.69, 9.17) is 15.3 Å². The molecule has 0 bridgehead atoms. The monoisotopic (exact) mass is 379 g/mol.